The van der Waals surface area contributed by atoms with Gasteiger partial charge in [0.2, 0.25) is 0 Å². The lowest BCUT2D eigenvalue weighted by atomic mass is 10.2. The summed E-state index contributed by atoms with van der Waals surface area (Å²) in [6.07, 6.45) is 0. The molecule has 0 spiro atoms. The van der Waals surface area contributed by atoms with E-state index >= 15 is 0 Å². The average molecular weight is 413 g/mol. The molecule has 0 bridgehead atoms. The monoisotopic (exact) mass is 411 g/mol. The summed E-state index contributed by atoms with van der Waals surface area (Å²) in [5.41, 5.74) is 2.10. The van der Waals surface area contributed by atoms with Gasteiger partial charge in [-0.15, -0.1) is 0 Å². The molecule has 0 saturated heterocycles. The van der Waals surface area contributed by atoms with Crippen LogP contribution in [0.15, 0.2) is 39.3 Å². The first-order valence-electron chi connectivity index (χ1n) is 6.48. The lowest BCUT2D eigenvalue weighted by Crippen LogP contribution is -2.13. The fourth-order valence-corrected chi connectivity index (χ4v) is 3.00. The summed E-state index contributed by atoms with van der Waals surface area (Å²) in [5, 5.41) is 6.01. The Balaban J connectivity index is 2.23. The van der Waals surface area contributed by atoms with E-state index in [1.807, 2.05) is 32.0 Å². The SMILES string of the molecule is CCNc1cc(C(=O)Nc2ccc(Br)cc2Br)cc(C)n1. The van der Waals surface area contributed by atoms with Gasteiger partial charge in [0.05, 0.1) is 5.69 Å². The van der Waals surface area contributed by atoms with E-state index in [-0.39, 0.29) is 5.91 Å². The van der Waals surface area contributed by atoms with Gasteiger partial charge in [0.1, 0.15) is 5.82 Å². The Bertz CT molecular complexity index is 674. The molecule has 2 rings (SSSR count). The molecule has 1 aromatic heterocycles. The van der Waals surface area contributed by atoms with Crippen LogP contribution in [0, 0.1) is 6.92 Å². The predicted molar refractivity (Wildman–Crippen MR) is 92.9 cm³/mol. The van der Waals surface area contributed by atoms with E-state index in [9.17, 15) is 4.79 Å². The molecule has 1 aromatic carbocycles. The first kappa shape index (κ1) is 16.0. The zero-order chi connectivity index (χ0) is 15.4. The number of aryl methyl sites for hydroxylation is 1. The molecule has 4 nitrogen and oxygen atoms in total. The van der Waals surface area contributed by atoms with Crippen molar-refractivity contribution in [2.45, 2.75) is 13.8 Å². The lowest BCUT2D eigenvalue weighted by molar-refractivity contribution is 0.102. The number of carbonyl (C=O) groups excluding carboxylic acids is 1. The van der Waals surface area contributed by atoms with E-state index in [1.54, 1.807) is 12.1 Å². The fourth-order valence-electron chi connectivity index (χ4n) is 1.86. The van der Waals surface area contributed by atoms with E-state index in [1.165, 1.54) is 0 Å². The van der Waals surface area contributed by atoms with Crippen molar-refractivity contribution in [3.8, 4) is 0 Å². The van der Waals surface area contributed by atoms with Crippen molar-refractivity contribution >= 4 is 49.3 Å². The van der Waals surface area contributed by atoms with Crippen molar-refractivity contribution < 1.29 is 4.79 Å². The number of hydrogen-bond acceptors (Lipinski definition) is 3. The molecule has 0 atom stereocenters. The number of aromatic nitrogens is 1. The van der Waals surface area contributed by atoms with Crippen LogP contribution < -0.4 is 10.6 Å². The lowest BCUT2D eigenvalue weighted by Gasteiger charge is -2.10. The number of carbonyl (C=O) groups is 1. The van der Waals surface area contributed by atoms with Crippen molar-refractivity contribution in [3.63, 3.8) is 0 Å². The maximum atomic E-state index is 12.4. The second-order valence-corrected chi connectivity index (χ2v) is 6.26. The minimum Gasteiger partial charge on any atom is -0.370 e. The van der Waals surface area contributed by atoms with E-state index in [0.717, 1.165) is 26.9 Å². The molecule has 1 heterocycles. The number of rotatable bonds is 4. The first-order valence-corrected chi connectivity index (χ1v) is 8.07. The van der Waals surface area contributed by atoms with Crippen LogP contribution in [0.3, 0.4) is 0 Å². The predicted octanol–water partition coefficient (Wildman–Crippen LogP) is 4.60. The van der Waals surface area contributed by atoms with Crippen LogP contribution in [0.5, 0.6) is 0 Å². The highest BCUT2D eigenvalue weighted by molar-refractivity contribution is 9.11. The highest BCUT2D eigenvalue weighted by atomic mass is 79.9. The highest BCUT2D eigenvalue weighted by Crippen LogP contribution is 2.26. The Labute approximate surface area is 140 Å². The highest BCUT2D eigenvalue weighted by Gasteiger charge is 2.10. The maximum absolute atomic E-state index is 12.4. The molecule has 0 aliphatic carbocycles. The molecule has 0 aliphatic rings. The Kier molecular flexibility index (Phi) is 5.36. The number of halogens is 2. The summed E-state index contributed by atoms with van der Waals surface area (Å²) in [6, 6.07) is 9.12. The van der Waals surface area contributed by atoms with E-state index in [4.69, 9.17) is 0 Å². The molecule has 1 amide bonds. The number of hydrogen-bond donors (Lipinski definition) is 2. The van der Waals surface area contributed by atoms with Gasteiger partial charge in [0, 0.05) is 26.7 Å². The molecule has 6 heteroatoms. The van der Waals surface area contributed by atoms with Gasteiger partial charge in [-0.05, 0) is 60.1 Å². The molecule has 2 aromatic rings. The van der Waals surface area contributed by atoms with Crippen LogP contribution in [0.25, 0.3) is 0 Å². The van der Waals surface area contributed by atoms with Crippen LogP contribution >= 0.6 is 31.9 Å². The van der Waals surface area contributed by atoms with Gasteiger partial charge in [-0.3, -0.25) is 4.79 Å². The Morgan fingerprint density at radius 3 is 2.67 bits per heavy atom. The van der Waals surface area contributed by atoms with Gasteiger partial charge in [-0.2, -0.15) is 0 Å². The minimum atomic E-state index is -0.164. The number of nitrogens with zero attached hydrogens (tertiary/aromatic N) is 1. The molecule has 0 fully saturated rings. The smallest absolute Gasteiger partial charge is 0.255 e. The molecule has 21 heavy (non-hydrogen) atoms. The standard InChI is InChI=1S/C15H15Br2N3O/c1-3-18-14-7-10(6-9(2)19-14)15(21)20-13-5-4-11(16)8-12(13)17/h4-8H,3H2,1-2H3,(H,18,19)(H,20,21). The van der Waals surface area contributed by atoms with Crippen LogP contribution in [0.4, 0.5) is 11.5 Å². The van der Waals surface area contributed by atoms with E-state index in [0.29, 0.717) is 11.4 Å². The summed E-state index contributed by atoms with van der Waals surface area (Å²) < 4.78 is 1.77. The molecular formula is C15H15Br2N3O. The molecule has 0 aliphatic heterocycles. The van der Waals surface area contributed by atoms with Crippen molar-refractivity contribution in [2.24, 2.45) is 0 Å². The third kappa shape index (κ3) is 4.28. The quantitative estimate of drug-likeness (QED) is 0.771. The number of pyridine rings is 1. The van der Waals surface area contributed by atoms with Gasteiger partial charge in [0.25, 0.3) is 5.91 Å². The van der Waals surface area contributed by atoms with Gasteiger partial charge in [-0.1, -0.05) is 15.9 Å². The Morgan fingerprint density at radius 1 is 1.24 bits per heavy atom. The topological polar surface area (TPSA) is 54.0 Å². The normalized spacial score (nSPS) is 10.3. The summed E-state index contributed by atoms with van der Waals surface area (Å²) >= 11 is 6.82. The van der Waals surface area contributed by atoms with Crippen molar-refractivity contribution in [2.75, 3.05) is 17.2 Å². The Morgan fingerprint density at radius 2 is 2.00 bits per heavy atom. The van der Waals surface area contributed by atoms with Gasteiger partial charge in [0.15, 0.2) is 0 Å². The van der Waals surface area contributed by atoms with Crippen molar-refractivity contribution in [3.05, 3.63) is 50.5 Å². The maximum Gasteiger partial charge on any atom is 0.255 e. The van der Waals surface area contributed by atoms with Crippen LogP contribution in [0.2, 0.25) is 0 Å². The van der Waals surface area contributed by atoms with E-state index in [2.05, 4.69) is 47.5 Å². The first-order chi connectivity index (χ1) is 9.99. The number of nitrogens with one attached hydrogen (secondary N) is 2. The van der Waals surface area contributed by atoms with Crippen molar-refractivity contribution in [1.82, 2.24) is 4.98 Å². The summed E-state index contributed by atoms with van der Waals surface area (Å²) in [6.45, 7) is 4.62. The summed E-state index contributed by atoms with van der Waals surface area (Å²) in [5.74, 6) is 0.542. The van der Waals surface area contributed by atoms with Gasteiger partial charge >= 0.3 is 0 Å². The number of anilines is 2. The van der Waals surface area contributed by atoms with Crippen molar-refractivity contribution in [1.29, 1.82) is 0 Å². The second kappa shape index (κ2) is 7.04. The molecule has 110 valence electrons. The molecular weight excluding hydrogens is 398 g/mol. The van der Waals surface area contributed by atoms with Gasteiger partial charge < -0.3 is 10.6 Å². The molecule has 0 saturated carbocycles. The third-order valence-electron chi connectivity index (χ3n) is 2.75. The minimum absolute atomic E-state index is 0.164. The van der Waals surface area contributed by atoms with Crippen LogP contribution in [0.1, 0.15) is 23.0 Å². The summed E-state index contributed by atoms with van der Waals surface area (Å²) in [4.78, 5) is 16.7. The fraction of sp³-hybridized carbons (Fsp3) is 0.200. The third-order valence-corrected chi connectivity index (χ3v) is 3.90. The zero-order valence-electron chi connectivity index (χ0n) is 11.7. The Hall–Kier alpha value is -1.40. The average Bonchev–Trinajstić information content (AvgIpc) is 2.41. The number of benzene rings is 1. The second-order valence-electron chi connectivity index (χ2n) is 4.49. The zero-order valence-corrected chi connectivity index (χ0v) is 14.9. The molecule has 0 unspecified atom stereocenters. The van der Waals surface area contributed by atoms with E-state index < -0.39 is 0 Å². The van der Waals surface area contributed by atoms with Crippen LogP contribution in [-0.4, -0.2) is 17.4 Å². The summed E-state index contributed by atoms with van der Waals surface area (Å²) in [7, 11) is 0. The number of amides is 1. The van der Waals surface area contributed by atoms with Crippen LogP contribution in [-0.2, 0) is 0 Å². The van der Waals surface area contributed by atoms with Gasteiger partial charge in [-0.25, -0.2) is 4.98 Å². The largest absolute Gasteiger partial charge is 0.370 e. The molecule has 2 N–H and O–H groups in total. The molecule has 0 radical (unpaired) electrons.